The van der Waals surface area contributed by atoms with Gasteiger partial charge in [-0.3, -0.25) is 0 Å². The van der Waals surface area contributed by atoms with Gasteiger partial charge in [-0.15, -0.1) is 11.3 Å². The molecule has 2 aromatic heterocycles. The lowest BCUT2D eigenvalue weighted by molar-refractivity contribution is 1.27. The summed E-state index contributed by atoms with van der Waals surface area (Å²) in [5.74, 6) is 0. The lowest BCUT2D eigenvalue weighted by Crippen LogP contribution is -1.81. The minimum absolute atomic E-state index is 0.459. The van der Waals surface area contributed by atoms with Gasteiger partial charge in [0, 0.05) is 16.6 Å². The van der Waals surface area contributed by atoms with Crippen LogP contribution in [0.3, 0.4) is 0 Å². The minimum Gasteiger partial charge on any atom is -0.245 e. The summed E-state index contributed by atoms with van der Waals surface area (Å²) in [6.45, 7) is 0. The maximum absolute atomic E-state index is 8.55. The van der Waals surface area contributed by atoms with Crippen molar-refractivity contribution in [2.45, 2.75) is 0 Å². The number of rotatable bonds is 1. The normalized spacial score (nSPS) is 9.46. The second-order valence-electron chi connectivity index (χ2n) is 2.52. The molecule has 0 aliphatic heterocycles. The smallest absolute Gasteiger partial charge is 0.140 e. The average Bonchev–Trinajstić information content (AvgIpc) is 2.71. The third-order valence-electron chi connectivity index (χ3n) is 1.68. The molecule has 2 rings (SSSR count). The molecule has 0 atom stereocenters. The number of thiophene rings is 1. The number of hydrogen-bond donors (Lipinski definition) is 0. The largest absolute Gasteiger partial charge is 0.245 e. The highest BCUT2D eigenvalue weighted by Gasteiger charge is 1.98. The van der Waals surface area contributed by atoms with Gasteiger partial charge in [0.2, 0.25) is 0 Å². The van der Waals surface area contributed by atoms with E-state index in [4.69, 9.17) is 5.26 Å². The van der Waals surface area contributed by atoms with Gasteiger partial charge in [0.15, 0.2) is 0 Å². The molecule has 0 amide bonds. The number of nitrogens with zero attached hydrogens (tertiary/aromatic N) is 2. The molecule has 0 aromatic carbocycles. The highest BCUT2D eigenvalue weighted by atomic mass is 32.1. The van der Waals surface area contributed by atoms with E-state index in [2.05, 4.69) is 4.98 Å². The van der Waals surface area contributed by atoms with Crippen molar-refractivity contribution in [1.82, 2.24) is 4.98 Å². The van der Waals surface area contributed by atoms with Crippen LogP contribution in [0.2, 0.25) is 0 Å². The molecule has 0 N–H and O–H groups in total. The summed E-state index contributed by atoms with van der Waals surface area (Å²) in [7, 11) is 0. The lowest BCUT2D eigenvalue weighted by Gasteiger charge is -1.94. The minimum atomic E-state index is 0.459. The Balaban J connectivity index is 2.40. The molecule has 2 nitrogen and oxygen atoms in total. The summed E-state index contributed by atoms with van der Waals surface area (Å²) in [4.78, 5) is 5.18. The first-order valence-electron chi connectivity index (χ1n) is 3.80. The van der Waals surface area contributed by atoms with Crippen LogP contribution < -0.4 is 0 Å². The standard InChI is InChI=1S/C10H6N2S/c11-6-9-4-3-8(7-12-9)10-2-1-5-13-10/h1-5,7H. The van der Waals surface area contributed by atoms with Gasteiger partial charge in [-0.25, -0.2) is 4.98 Å². The van der Waals surface area contributed by atoms with Crippen molar-refractivity contribution < 1.29 is 0 Å². The van der Waals surface area contributed by atoms with Gasteiger partial charge in [-0.05, 0) is 23.6 Å². The number of nitriles is 1. The zero-order valence-corrected chi connectivity index (χ0v) is 7.58. The summed E-state index contributed by atoms with van der Waals surface area (Å²) in [6, 6.07) is 9.67. The molecule has 3 heteroatoms. The van der Waals surface area contributed by atoms with Crippen molar-refractivity contribution >= 4 is 11.3 Å². The highest BCUT2D eigenvalue weighted by molar-refractivity contribution is 7.13. The van der Waals surface area contributed by atoms with Crippen molar-refractivity contribution in [3.8, 4) is 16.5 Å². The molecule has 0 spiro atoms. The Hall–Kier alpha value is -1.66. The second-order valence-corrected chi connectivity index (χ2v) is 3.47. The molecule has 0 saturated heterocycles. The van der Waals surface area contributed by atoms with E-state index >= 15 is 0 Å². The summed E-state index contributed by atoms with van der Waals surface area (Å²) in [5, 5.41) is 10.6. The Morgan fingerprint density at radius 2 is 2.23 bits per heavy atom. The first kappa shape index (κ1) is 7.96. The predicted molar refractivity (Wildman–Crippen MR) is 52.3 cm³/mol. The SMILES string of the molecule is N#Cc1ccc(-c2cccs2)cn1. The molecule has 0 aliphatic rings. The van der Waals surface area contributed by atoms with Crippen LogP contribution in [0, 0.1) is 11.3 Å². The predicted octanol–water partition coefficient (Wildman–Crippen LogP) is 2.68. The Labute approximate surface area is 80.1 Å². The number of pyridine rings is 1. The molecule has 62 valence electrons. The van der Waals surface area contributed by atoms with E-state index in [1.54, 1.807) is 23.6 Å². The van der Waals surface area contributed by atoms with Gasteiger partial charge in [-0.1, -0.05) is 6.07 Å². The van der Waals surface area contributed by atoms with Crippen molar-refractivity contribution in [2.24, 2.45) is 0 Å². The zero-order valence-electron chi connectivity index (χ0n) is 6.77. The van der Waals surface area contributed by atoms with Crippen LogP contribution in [0.1, 0.15) is 5.69 Å². The van der Waals surface area contributed by atoms with Gasteiger partial charge in [0.1, 0.15) is 11.8 Å². The monoisotopic (exact) mass is 186 g/mol. The average molecular weight is 186 g/mol. The first-order valence-corrected chi connectivity index (χ1v) is 4.68. The molecular weight excluding hydrogens is 180 g/mol. The van der Waals surface area contributed by atoms with E-state index in [-0.39, 0.29) is 0 Å². The number of hydrogen-bond acceptors (Lipinski definition) is 3. The molecule has 2 aromatic rings. The van der Waals surface area contributed by atoms with E-state index in [1.165, 1.54) is 4.88 Å². The Morgan fingerprint density at radius 1 is 1.31 bits per heavy atom. The van der Waals surface area contributed by atoms with Crippen LogP contribution in [-0.4, -0.2) is 4.98 Å². The third kappa shape index (κ3) is 1.58. The molecule has 0 saturated carbocycles. The van der Waals surface area contributed by atoms with Crippen LogP contribution in [0.15, 0.2) is 35.8 Å². The van der Waals surface area contributed by atoms with Crippen LogP contribution in [0.5, 0.6) is 0 Å². The highest BCUT2D eigenvalue weighted by Crippen LogP contribution is 2.23. The summed E-state index contributed by atoms with van der Waals surface area (Å²) in [5.41, 5.74) is 1.52. The van der Waals surface area contributed by atoms with Crippen LogP contribution in [0.4, 0.5) is 0 Å². The summed E-state index contributed by atoms with van der Waals surface area (Å²) >= 11 is 1.67. The van der Waals surface area contributed by atoms with E-state index < -0.39 is 0 Å². The van der Waals surface area contributed by atoms with Crippen molar-refractivity contribution in [3.63, 3.8) is 0 Å². The molecule has 0 bridgehead atoms. The fourth-order valence-electron chi connectivity index (χ4n) is 1.05. The Bertz CT molecular complexity index is 423. The lowest BCUT2D eigenvalue weighted by atomic mass is 10.2. The maximum Gasteiger partial charge on any atom is 0.140 e. The first-order chi connectivity index (χ1) is 6.40. The fraction of sp³-hybridized carbons (Fsp3) is 0. The molecule has 0 fully saturated rings. The molecule has 0 aliphatic carbocycles. The van der Waals surface area contributed by atoms with Crippen LogP contribution in [-0.2, 0) is 0 Å². The summed E-state index contributed by atoms with van der Waals surface area (Å²) in [6.07, 6.45) is 1.73. The Kier molecular flexibility index (Phi) is 2.07. The van der Waals surface area contributed by atoms with Crippen molar-refractivity contribution in [2.75, 3.05) is 0 Å². The molecular formula is C10H6N2S. The van der Waals surface area contributed by atoms with Gasteiger partial charge in [0.25, 0.3) is 0 Å². The van der Waals surface area contributed by atoms with E-state index in [0.717, 1.165) is 5.56 Å². The van der Waals surface area contributed by atoms with Crippen LogP contribution in [0.25, 0.3) is 10.4 Å². The molecule has 13 heavy (non-hydrogen) atoms. The maximum atomic E-state index is 8.55. The van der Waals surface area contributed by atoms with E-state index in [1.807, 2.05) is 29.6 Å². The van der Waals surface area contributed by atoms with Crippen molar-refractivity contribution in [1.29, 1.82) is 5.26 Å². The topological polar surface area (TPSA) is 36.7 Å². The zero-order chi connectivity index (χ0) is 9.10. The quantitative estimate of drug-likeness (QED) is 0.686. The van der Waals surface area contributed by atoms with Gasteiger partial charge < -0.3 is 0 Å². The number of aromatic nitrogens is 1. The van der Waals surface area contributed by atoms with Crippen LogP contribution >= 0.6 is 11.3 Å². The van der Waals surface area contributed by atoms with Gasteiger partial charge in [-0.2, -0.15) is 5.26 Å². The summed E-state index contributed by atoms with van der Waals surface area (Å²) < 4.78 is 0. The van der Waals surface area contributed by atoms with E-state index in [0.29, 0.717) is 5.69 Å². The Morgan fingerprint density at radius 3 is 2.77 bits per heavy atom. The second kappa shape index (κ2) is 3.38. The molecule has 2 heterocycles. The fourth-order valence-corrected chi connectivity index (χ4v) is 1.77. The molecule has 0 radical (unpaired) electrons. The molecule has 0 unspecified atom stereocenters. The van der Waals surface area contributed by atoms with Crippen molar-refractivity contribution in [3.05, 3.63) is 41.5 Å². The van der Waals surface area contributed by atoms with E-state index in [9.17, 15) is 0 Å². The van der Waals surface area contributed by atoms with Gasteiger partial charge >= 0.3 is 0 Å². The third-order valence-corrected chi connectivity index (χ3v) is 2.60. The van der Waals surface area contributed by atoms with Gasteiger partial charge in [0.05, 0.1) is 0 Å².